The van der Waals surface area contributed by atoms with Crippen LogP contribution in [0.15, 0.2) is 30.3 Å². The number of piperidine rings is 1. The standard InChI is InChI=1S/C22H30N2O3/c25-18-14-17(15-18)21(27)24-12-10-22(11-13-24)9-8-19(22)23-20(26)7-6-16-4-2-1-3-5-16/h1-5,17-19,25H,6-15H2,(H,23,26). The lowest BCUT2D eigenvalue weighted by atomic mass is 9.59. The Morgan fingerprint density at radius 1 is 1.11 bits per heavy atom. The zero-order valence-electron chi connectivity index (χ0n) is 15.9. The molecule has 0 bridgehead atoms. The molecule has 3 aliphatic rings. The summed E-state index contributed by atoms with van der Waals surface area (Å²) in [6.07, 6.45) is 6.46. The summed E-state index contributed by atoms with van der Waals surface area (Å²) < 4.78 is 0. The van der Waals surface area contributed by atoms with Gasteiger partial charge in [0.15, 0.2) is 0 Å². The predicted molar refractivity (Wildman–Crippen MR) is 103 cm³/mol. The topological polar surface area (TPSA) is 69.6 Å². The highest BCUT2D eigenvalue weighted by molar-refractivity contribution is 5.80. The van der Waals surface area contributed by atoms with Crippen molar-refractivity contribution in [3.05, 3.63) is 35.9 Å². The summed E-state index contributed by atoms with van der Waals surface area (Å²) in [6, 6.07) is 10.4. The van der Waals surface area contributed by atoms with E-state index in [2.05, 4.69) is 17.4 Å². The van der Waals surface area contributed by atoms with Gasteiger partial charge in [0.25, 0.3) is 0 Å². The molecule has 5 heteroatoms. The van der Waals surface area contributed by atoms with Crippen molar-refractivity contribution in [1.82, 2.24) is 10.2 Å². The van der Waals surface area contributed by atoms with Crippen LogP contribution < -0.4 is 5.32 Å². The van der Waals surface area contributed by atoms with Crippen molar-refractivity contribution in [2.45, 2.75) is 63.5 Å². The third-order valence-electron chi connectivity index (χ3n) is 7.02. The van der Waals surface area contributed by atoms with Crippen LogP contribution in [0.4, 0.5) is 0 Å². The van der Waals surface area contributed by atoms with Crippen LogP contribution in [0.3, 0.4) is 0 Å². The zero-order valence-corrected chi connectivity index (χ0v) is 15.9. The van der Waals surface area contributed by atoms with Gasteiger partial charge in [-0.25, -0.2) is 0 Å². The molecule has 1 unspecified atom stereocenters. The van der Waals surface area contributed by atoms with Gasteiger partial charge >= 0.3 is 0 Å². The van der Waals surface area contributed by atoms with E-state index in [9.17, 15) is 14.7 Å². The molecule has 1 saturated heterocycles. The Hall–Kier alpha value is -1.88. The summed E-state index contributed by atoms with van der Waals surface area (Å²) in [7, 11) is 0. The van der Waals surface area contributed by atoms with E-state index in [-0.39, 0.29) is 35.3 Å². The molecule has 2 aliphatic carbocycles. The minimum Gasteiger partial charge on any atom is -0.393 e. The normalized spacial score (nSPS) is 28.9. The van der Waals surface area contributed by atoms with Gasteiger partial charge in [0.2, 0.25) is 11.8 Å². The number of hydrogen-bond donors (Lipinski definition) is 2. The van der Waals surface area contributed by atoms with E-state index >= 15 is 0 Å². The summed E-state index contributed by atoms with van der Waals surface area (Å²) in [5, 5.41) is 12.7. The molecule has 1 atom stereocenters. The van der Waals surface area contributed by atoms with Gasteiger partial charge in [-0.05, 0) is 55.9 Å². The predicted octanol–water partition coefficient (Wildman–Crippen LogP) is 2.28. The van der Waals surface area contributed by atoms with Gasteiger partial charge in [0.05, 0.1) is 6.10 Å². The monoisotopic (exact) mass is 370 g/mol. The van der Waals surface area contributed by atoms with Crippen LogP contribution in [-0.4, -0.2) is 47.1 Å². The van der Waals surface area contributed by atoms with Gasteiger partial charge in [-0.3, -0.25) is 9.59 Å². The third-order valence-corrected chi connectivity index (χ3v) is 7.02. The fourth-order valence-electron chi connectivity index (χ4n) is 4.91. The molecule has 2 amide bonds. The van der Waals surface area contributed by atoms with Crippen LogP contribution in [-0.2, 0) is 16.0 Å². The summed E-state index contributed by atoms with van der Waals surface area (Å²) in [4.78, 5) is 26.8. The highest BCUT2D eigenvalue weighted by Gasteiger charge is 2.49. The van der Waals surface area contributed by atoms with Crippen molar-refractivity contribution in [1.29, 1.82) is 0 Å². The van der Waals surface area contributed by atoms with Crippen LogP contribution >= 0.6 is 0 Å². The molecule has 2 saturated carbocycles. The molecular formula is C22H30N2O3. The molecule has 1 aromatic rings. The van der Waals surface area contributed by atoms with Gasteiger partial charge in [-0.1, -0.05) is 30.3 Å². The number of aliphatic hydroxyl groups excluding tert-OH is 1. The number of carbonyl (C=O) groups excluding carboxylic acids is 2. The number of amides is 2. The van der Waals surface area contributed by atoms with Crippen LogP contribution in [0, 0.1) is 11.3 Å². The van der Waals surface area contributed by atoms with E-state index in [0.29, 0.717) is 19.3 Å². The van der Waals surface area contributed by atoms with Crippen molar-refractivity contribution >= 4 is 11.8 Å². The first-order valence-electron chi connectivity index (χ1n) is 10.4. The lowest BCUT2D eigenvalue weighted by Crippen LogP contribution is -2.60. The number of likely N-dealkylation sites (tertiary alicyclic amines) is 1. The lowest BCUT2D eigenvalue weighted by molar-refractivity contribution is -0.147. The number of rotatable bonds is 5. The van der Waals surface area contributed by atoms with Crippen molar-refractivity contribution in [2.24, 2.45) is 11.3 Å². The average molecular weight is 370 g/mol. The first kappa shape index (κ1) is 18.5. The molecule has 1 heterocycles. The number of hydrogen-bond acceptors (Lipinski definition) is 3. The number of nitrogens with zero attached hydrogens (tertiary/aromatic N) is 1. The first-order chi connectivity index (χ1) is 13.1. The van der Waals surface area contributed by atoms with Crippen LogP contribution in [0.25, 0.3) is 0 Å². The fraction of sp³-hybridized carbons (Fsp3) is 0.636. The summed E-state index contributed by atoms with van der Waals surface area (Å²) in [5.41, 5.74) is 1.39. The smallest absolute Gasteiger partial charge is 0.225 e. The number of carbonyl (C=O) groups is 2. The molecule has 5 nitrogen and oxygen atoms in total. The van der Waals surface area contributed by atoms with E-state index < -0.39 is 0 Å². The largest absolute Gasteiger partial charge is 0.393 e. The Balaban J connectivity index is 1.23. The fourth-order valence-corrected chi connectivity index (χ4v) is 4.91. The van der Waals surface area contributed by atoms with Gasteiger partial charge < -0.3 is 15.3 Å². The summed E-state index contributed by atoms with van der Waals surface area (Å²) >= 11 is 0. The maximum Gasteiger partial charge on any atom is 0.225 e. The molecule has 27 heavy (non-hydrogen) atoms. The molecular weight excluding hydrogens is 340 g/mol. The Kier molecular flexibility index (Phi) is 5.22. The van der Waals surface area contributed by atoms with E-state index in [0.717, 1.165) is 45.2 Å². The SMILES string of the molecule is O=C(CCc1ccccc1)NC1CCC12CCN(C(=O)C1CC(O)C1)CC2. The second-order valence-corrected chi connectivity index (χ2v) is 8.65. The van der Waals surface area contributed by atoms with E-state index in [4.69, 9.17) is 0 Å². The van der Waals surface area contributed by atoms with Crippen LogP contribution in [0.5, 0.6) is 0 Å². The molecule has 146 valence electrons. The van der Waals surface area contributed by atoms with Gasteiger partial charge in [-0.15, -0.1) is 0 Å². The number of nitrogens with one attached hydrogen (secondary N) is 1. The van der Waals surface area contributed by atoms with E-state index in [1.165, 1.54) is 5.56 Å². The molecule has 4 rings (SSSR count). The Morgan fingerprint density at radius 3 is 2.41 bits per heavy atom. The first-order valence-corrected chi connectivity index (χ1v) is 10.4. The zero-order chi connectivity index (χ0) is 18.9. The molecule has 1 spiro atoms. The minimum atomic E-state index is -0.280. The lowest BCUT2D eigenvalue weighted by Gasteiger charge is -2.54. The second kappa shape index (κ2) is 7.63. The Labute approximate surface area is 161 Å². The van der Waals surface area contributed by atoms with Gasteiger partial charge in [-0.2, -0.15) is 0 Å². The number of aryl methyl sites for hydroxylation is 1. The summed E-state index contributed by atoms with van der Waals surface area (Å²) in [6.45, 7) is 1.59. The number of benzene rings is 1. The maximum atomic E-state index is 12.5. The summed E-state index contributed by atoms with van der Waals surface area (Å²) in [5.74, 6) is 0.395. The van der Waals surface area contributed by atoms with Crippen LogP contribution in [0.2, 0.25) is 0 Å². The molecule has 1 aliphatic heterocycles. The maximum absolute atomic E-state index is 12.5. The Bertz CT molecular complexity index is 676. The van der Waals surface area contributed by atoms with Crippen molar-refractivity contribution in [3.63, 3.8) is 0 Å². The molecule has 3 fully saturated rings. The van der Waals surface area contributed by atoms with E-state index in [1.54, 1.807) is 0 Å². The molecule has 0 radical (unpaired) electrons. The van der Waals surface area contributed by atoms with Crippen molar-refractivity contribution in [3.8, 4) is 0 Å². The average Bonchev–Trinajstić information content (AvgIpc) is 2.67. The molecule has 0 aromatic heterocycles. The van der Waals surface area contributed by atoms with Crippen molar-refractivity contribution in [2.75, 3.05) is 13.1 Å². The highest BCUT2D eigenvalue weighted by atomic mass is 16.3. The third kappa shape index (κ3) is 3.88. The van der Waals surface area contributed by atoms with Crippen LogP contribution in [0.1, 0.15) is 50.5 Å². The minimum absolute atomic E-state index is 0.0314. The quantitative estimate of drug-likeness (QED) is 0.835. The number of aliphatic hydroxyl groups is 1. The highest BCUT2D eigenvalue weighted by Crippen LogP contribution is 2.49. The molecule has 1 aromatic carbocycles. The van der Waals surface area contributed by atoms with Gasteiger partial charge in [0.1, 0.15) is 0 Å². The second-order valence-electron chi connectivity index (χ2n) is 8.65. The van der Waals surface area contributed by atoms with Crippen molar-refractivity contribution < 1.29 is 14.7 Å². The Morgan fingerprint density at radius 2 is 1.81 bits per heavy atom. The van der Waals surface area contributed by atoms with E-state index in [1.807, 2.05) is 23.1 Å². The van der Waals surface area contributed by atoms with Gasteiger partial charge in [0, 0.05) is 31.5 Å². The molecule has 2 N–H and O–H groups in total.